The van der Waals surface area contributed by atoms with Crippen LogP contribution in [0, 0.1) is 0 Å². The molecule has 1 heterocycles. The summed E-state index contributed by atoms with van der Waals surface area (Å²) in [6.45, 7) is 0. The van der Waals surface area contributed by atoms with Crippen LogP contribution in [0.5, 0.6) is 0 Å². The molecule has 0 saturated heterocycles. The molecule has 0 amide bonds. The monoisotopic (exact) mass is 691 g/mol. The van der Waals surface area contributed by atoms with Crippen molar-refractivity contribution >= 4 is 65.0 Å². The third-order valence-corrected chi connectivity index (χ3v) is 9.72. The summed E-state index contributed by atoms with van der Waals surface area (Å²) in [4.78, 5) is 0. The highest BCUT2D eigenvalue weighted by Crippen LogP contribution is 2.46. The molecule has 0 saturated carbocycles. The number of benzene rings is 10. The molecule has 0 aliphatic heterocycles. The van der Waals surface area contributed by atoms with Gasteiger partial charge in [0, 0.05) is 10.8 Å². The molecule has 11 rings (SSSR count). The Balaban J connectivity index is 1.31. The molecular formula is C52H32O. The SMILES string of the molecule is [2H]c1c([2H])c([2H])c(-c2c3c([2H])c([2H])c([2H])c([2H])c3c(-c3c([2H])c([2H])c(-c4ccc5oc6ccc(-c7ccc8ccccc8c7)cc6c5c4)c4c([2H])c([2H])c([2H])c([2H])c34)c3c([2H])c([2H])c([2H])c([2H])c23)c([2H])c1[2H]. The molecule has 0 aliphatic rings. The third-order valence-electron chi connectivity index (χ3n) is 9.72. The first-order valence-corrected chi connectivity index (χ1v) is 16.7. The minimum atomic E-state index is -0.870. The molecule has 0 unspecified atom stereocenters. The van der Waals surface area contributed by atoms with E-state index >= 15 is 0 Å². The fraction of sp³-hybridized carbons (Fsp3) is 0. The van der Waals surface area contributed by atoms with Crippen molar-refractivity contribution in [2.24, 2.45) is 0 Å². The summed E-state index contributed by atoms with van der Waals surface area (Å²) < 4.78 is 179. The van der Waals surface area contributed by atoms with Gasteiger partial charge in [0.05, 0.1) is 26.0 Å². The second-order valence-electron chi connectivity index (χ2n) is 12.6. The Morgan fingerprint density at radius 3 is 1.49 bits per heavy atom. The predicted molar refractivity (Wildman–Crippen MR) is 225 cm³/mol. The second kappa shape index (κ2) is 11.8. The summed E-state index contributed by atoms with van der Waals surface area (Å²) in [5, 5.41) is 0.357. The van der Waals surface area contributed by atoms with Crippen LogP contribution in [0.1, 0.15) is 26.0 Å². The largest absolute Gasteiger partial charge is 0.456 e. The fourth-order valence-electron chi connectivity index (χ4n) is 7.32. The van der Waals surface area contributed by atoms with Gasteiger partial charge in [0.1, 0.15) is 11.2 Å². The van der Waals surface area contributed by atoms with Gasteiger partial charge in [-0.05, 0) is 118 Å². The van der Waals surface area contributed by atoms with Crippen LogP contribution in [0.4, 0.5) is 0 Å². The predicted octanol–water partition coefficient (Wildman–Crippen LogP) is 14.9. The van der Waals surface area contributed by atoms with Crippen molar-refractivity contribution in [1.29, 1.82) is 0 Å². The number of rotatable bonds is 4. The minimum absolute atomic E-state index is 0.124. The molecular weight excluding hydrogens is 641 g/mol. The van der Waals surface area contributed by atoms with Gasteiger partial charge < -0.3 is 4.42 Å². The highest BCUT2D eigenvalue weighted by Gasteiger charge is 2.19. The van der Waals surface area contributed by atoms with E-state index in [0.29, 0.717) is 21.9 Å². The molecule has 0 atom stereocenters. The second-order valence-corrected chi connectivity index (χ2v) is 12.6. The smallest absolute Gasteiger partial charge is 0.135 e. The minimum Gasteiger partial charge on any atom is -0.456 e. The molecule has 0 bridgehead atoms. The lowest BCUT2D eigenvalue weighted by atomic mass is 9.84. The Bertz CT molecular complexity index is 4220. The first-order valence-electron chi connectivity index (χ1n) is 26.2. The Labute approximate surface area is 333 Å². The van der Waals surface area contributed by atoms with Crippen LogP contribution in [-0.2, 0) is 0 Å². The fourth-order valence-corrected chi connectivity index (χ4v) is 7.32. The number of furan rings is 1. The van der Waals surface area contributed by atoms with E-state index in [-0.39, 0.29) is 16.5 Å². The molecule has 246 valence electrons. The van der Waals surface area contributed by atoms with Crippen LogP contribution in [-0.4, -0.2) is 0 Å². The Kier molecular flexibility index (Phi) is 3.69. The van der Waals surface area contributed by atoms with Gasteiger partial charge in [-0.2, -0.15) is 0 Å². The van der Waals surface area contributed by atoms with E-state index in [1.54, 1.807) is 18.2 Å². The number of fused-ring (bicyclic) bond motifs is 7. The first kappa shape index (κ1) is 16.6. The van der Waals surface area contributed by atoms with Gasteiger partial charge in [0.2, 0.25) is 0 Å². The van der Waals surface area contributed by atoms with Crippen LogP contribution in [0.2, 0.25) is 0 Å². The van der Waals surface area contributed by atoms with Crippen molar-refractivity contribution in [3.05, 3.63) is 194 Å². The Hall–Kier alpha value is -6.96. The summed E-state index contributed by atoms with van der Waals surface area (Å²) in [6.07, 6.45) is 0. The standard InChI is InChI=1S/C52H32O/c1-2-13-34(14-3-1)51-42-18-8-10-20-44(42)52(45-21-11-9-19-43(45)51)46-27-26-39(40-16-6-7-17-41(40)46)38-25-29-50-48(32-38)47-31-37(24-28-49(47)53-50)36-23-22-33-12-4-5-15-35(33)30-36/h1-32H/i1D,2D,3D,6D,7D,8D,9D,10D,11D,13D,14D,16D,17D,18D,19D,20D,21D,26D,27D. The average molecular weight is 692 g/mol. The molecule has 0 N–H and O–H groups in total. The molecule has 53 heavy (non-hydrogen) atoms. The van der Waals surface area contributed by atoms with Crippen LogP contribution in [0.3, 0.4) is 0 Å². The van der Waals surface area contributed by atoms with Crippen LogP contribution >= 0.6 is 0 Å². The molecule has 10 aromatic carbocycles. The van der Waals surface area contributed by atoms with Gasteiger partial charge in [-0.3, -0.25) is 0 Å². The maximum atomic E-state index is 9.92. The zero-order chi connectivity index (χ0) is 51.4. The number of hydrogen-bond donors (Lipinski definition) is 0. The molecule has 1 aromatic heterocycles. The Morgan fingerprint density at radius 2 is 0.811 bits per heavy atom. The zero-order valence-corrected chi connectivity index (χ0v) is 27.4. The van der Waals surface area contributed by atoms with Gasteiger partial charge in [0.25, 0.3) is 0 Å². The van der Waals surface area contributed by atoms with Crippen molar-refractivity contribution in [2.75, 3.05) is 0 Å². The van der Waals surface area contributed by atoms with E-state index in [0.717, 1.165) is 21.9 Å². The summed E-state index contributed by atoms with van der Waals surface area (Å²) >= 11 is 0. The quantitative estimate of drug-likeness (QED) is 0.167. The van der Waals surface area contributed by atoms with Gasteiger partial charge in [-0.1, -0.05) is 163 Å². The lowest BCUT2D eigenvalue weighted by molar-refractivity contribution is 0.669. The molecule has 0 fully saturated rings. The molecule has 1 nitrogen and oxygen atoms in total. The van der Waals surface area contributed by atoms with Gasteiger partial charge in [0.15, 0.2) is 0 Å². The lowest BCUT2D eigenvalue weighted by Gasteiger charge is -2.19. The van der Waals surface area contributed by atoms with E-state index in [1.807, 2.05) is 54.6 Å². The van der Waals surface area contributed by atoms with E-state index in [1.165, 1.54) is 0 Å². The maximum Gasteiger partial charge on any atom is 0.135 e. The van der Waals surface area contributed by atoms with Crippen LogP contribution in [0.15, 0.2) is 198 Å². The van der Waals surface area contributed by atoms with Crippen molar-refractivity contribution in [2.45, 2.75) is 0 Å². The van der Waals surface area contributed by atoms with Crippen molar-refractivity contribution in [3.8, 4) is 44.5 Å². The van der Waals surface area contributed by atoms with Crippen molar-refractivity contribution in [1.82, 2.24) is 0 Å². The molecule has 11 aromatic rings. The number of hydrogen-bond acceptors (Lipinski definition) is 1. The third kappa shape index (κ3) is 4.71. The maximum absolute atomic E-state index is 9.92. The normalized spacial score (nSPS) is 16.8. The summed E-state index contributed by atoms with van der Waals surface area (Å²) in [7, 11) is 0. The Morgan fingerprint density at radius 1 is 0.321 bits per heavy atom. The topological polar surface area (TPSA) is 13.1 Å². The van der Waals surface area contributed by atoms with Crippen LogP contribution in [0.25, 0.3) is 110 Å². The summed E-state index contributed by atoms with van der Waals surface area (Å²) in [5.41, 5.74) is 0.591. The summed E-state index contributed by atoms with van der Waals surface area (Å²) in [5.74, 6) is 0. The molecule has 0 aliphatic carbocycles. The average Bonchev–Trinajstić information content (AvgIpc) is 3.75. The van der Waals surface area contributed by atoms with Crippen molar-refractivity contribution < 1.29 is 30.5 Å². The highest BCUT2D eigenvalue weighted by atomic mass is 16.3. The van der Waals surface area contributed by atoms with E-state index in [4.69, 9.17) is 19.5 Å². The molecule has 1 heteroatoms. The van der Waals surface area contributed by atoms with E-state index in [9.17, 15) is 11.0 Å². The summed E-state index contributed by atoms with van der Waals surface area (Å²) in [6, 6.07) is 9.26. The van der Waals surface area contributed by atoms with Gasteiger partial charge >= 0.3 is 0 Å². The van der Waals surface area contributed by atoms with E-state index in [2.05, 4.69) is 6.07 Å². The highest BCUT2D eigenvalue weighted by molar-refractivity contribution is 6.24. The van der Waals surface area contributed by atoms with Gasteiger partial charge in [-0.15, -0.1) is 0 Å². The molecule has 0 spiro atoms. The lowest BCUT2D eigenvalue weighted by Crippen LogP contribution is -1.92. The molecule has 0 radical (unpaired) electrons. The zero-order valence-electron chi connectivity index (χ0n) is 46.4. The van der Waals surface area contributed by atoms with Gasteiger partial charge in [-0.25, -0.2) is 0 Å². The first-order chi connectivity index (χ1) is 34.2. The van der Waals surface area contributed by atoms with E-state index < -0.39 is 164 Å². The van der Waals surface area contributed by atoms with Crippen molar-refractivity contribution in [3.63, 3.8) is 0 Å². The van der Waals surface area contributed by atoms with Crippen LogP contribution < -0.4 is 0 Å².